The normalized spacial score (nSPS) is 18.1. The first-order chi connectivity index (χ1) is 18.6. The average molecular weight is 541 g/mol. The van der Waals surface area contributed by atoms with Crippen molar-refractivity contribution in [2.24, 2.45) is 0 Å². The van der Waals surface area contributed by atoms with Gasteiger partial charge in [-0.25, -0.2) is 9.37 Å². The monoisotopic (exact) mass is 540 g/mol. The molecule has 5 rings (SSSR count). The third kappa shape index (κ3) is 6.76. The maximum absolute atomic E-state index is 13.4. The Hall–Kier alpha value is -3.90. The Kier molecular flexibility index (Phi) is 8.87. The number of aliphatic hydroxyl groups excluding tert-OH is 1. The third-order valence-electron chi connectivity index (χ3n) is 7.13. The molecule has 3 aromatic rings. The summed E-state index contributed by atoms with van der Waals surface area (Å²) < 4.78 is 20.4. The number of hydrogen-bond donors (Lipinski definition) is 1. The van der Waals surface area contributed by atoms with Crippen molar-refractivity contribution >= 4 is 22.9 Å². The Labute approximate surface area is 223 Å². The van der Waals surface area contributed by atoms with E-state index in [1.54, 1.807) is 10.6 Å². The van der Waals surface area contributed by atoms with Crippen LogP contribution in [0.25, 0.3) is 11.0 Å². The summed E-state index contributed by atoms with van der Waals surface area (Å²) in [5, 5.41) is 34.1. The molecule has 2 aliphatic rings. The van der Waals surface area contributed by atoms with Gasteiger partial charge in [0.1, 0.15) is 17.7 Å². The molecule has 1 saturated heterocycles. The summed E-state index contributed by atoms with van der Waals surface area (Å²) in [7, 11) is 0. The standard InChI is InChI=1S/C23H27FN4O3.C4H4O4/c1-14-17(23(30)28-9-2-3-19(29)22(28)25-14)8-12-27-10-6-15(7-11-27)21-18-5-4-16(24)13-20(18)31-26-21;5-3(6)1-2-4(7)8/h4-5,13,15,19,29H,2-3,6-12H2,1H3;1-2H,(H,5,6)(H,7,8)/p-2/b;2-1-. The van der Waals surface area contributed by atoms with E-state index in [-0.39, 0.29) is 11.4 Å². The van der Waals surface area contributed by atoms with Crippen molar-refractivity contribution in [1.29, 1.82) is 0 Å². The SMILES string of the molecule is Cc1nc2n(c(=O)c1CCN1CCC(c3noc4cc(F)ccc34)CC1)CCCC2O.O=C([O-])/C=C\C(=O)[O-]. The Morgan fingerprint density at radius 3 is 2.51 bits per heavy atom. The van der Waals surface area contributed by atoms with Crippen LogP contribution in [0.3, 0.4) is 0 Å². The molecule has 39 heavy (non-hydrogen) atoms. The van der Waals surface area contributed by atoms with Gasteiger partial charge in [-0.3, -0.25) is 9.36 Å². The van der Waals surface area contributed by atoms with E-state index in [1.807, 2.05) is 6.92 Å². The number of fused-ring (bicyclic) bond motifs is 2. The Morgan fingerprint density at radius 2 is 1.85 bits per heavy atom. The van der Waals surface area contributed by atoms with Crippen molar-refractivity contribution < 1.29 is 33.8 Å². The van der Waals surface area contributed by atoms with E-state index in [0.717, 1.165) is 61.2 Å². The molecule has 4 heterocycles. The van der Waals surface area contributed by atoms with Gasteiger partial charge in [-0.05, 0) is 76.4 Å². The molecule has 208 valence electrons. The van der Waals surface area contributed by atoms with Gasteiger partial charge in [0.2, 0.25) is 0 Å². The van der Waals surface area contributed by atoms with Crippen LogP contribution >= 0.6 is 0 Å². The highest BCUT2D eigenvalue weighted by molar-refractivity contribution is 5.87. The average Bonchev–Trinajstić information content (AvgIpc) is 3.32. The molecule has 2 aromatic heterocycles. The molecule has 1 unspecified atom stereocenters. The number of rotatable bonds is 6. The van der Waals surface area contributed by atoms with Gasteiger partial charge in [-0.2, -0.15) is 0 Å². The van der Waals surface area contributed by atoms with Crippen LogP contribution < -0.4 is 15.8 Å². The minimum Gasteiger partial charge on any atom is -0.545 e. The molecule has 0 bridgehead atoms. The quantitative estimate of drug-likeness (QED) is 0.425. The topological polar surface area (TPSA) is 165 Å². The number of aromatic nitrogens is 3. The number of hydrogen-bond acceptors (Lipinski definition) is 10. The third-order valence-corrected chi connectivity index (χ3v) is 7.13. The number of carboxylic acids is 2. The summed E-state index contributed by atoms with van der Waals surface area (Å²) in [5.41, 5.74) is 2.90. The zero-order valence-corrected chi connectivity index (χ0v) is 21.5. The van der Waals surface area contributed by atoms with Gasteiger partial charge in [0.15, 0.2) is 5.58 Å². The number of carboxylic acid groups (broad SMARTS) is 2. The largest absolute Gasteiger partial charge is 0.545 e. The fourth-order valence-corrected chi connectivity index (χ4v) is 5.11. The highest BCUT2D eigenvalue weighted by Gasteiger charge is 2.27. The van der Waals surface area contributed by atoms with Crippen LogP contribution in [0.2, 0.25) is 0 Å². The molecule has 1 fully saturated rings. The van der Waals surface area contributed by atoms with Gasteiger partial charge in [0.25, 0.3) is 5.56 Å². The van der Waals surface area contributed by atoms with Crippen molar-refractivity contribution in [3.8, 4) is 0 Å². The van der Waals surface area contributed by atoms with E-state index in [4.69, 9.17) is 4.52 Å². The number of halogens is 1. The van der Waals surface area contributed by atoms with Crippen LogP contribution in [0.15, 0.2) is 39.7 Å². The smallest absolute Gasteiger partial charge is 0.257 e. The van der Waals surface area contributed by atoms with Crippen LogP contribution in [-0.2, 0) is 22.6 Å². The first kappa shape index (κ1) is 28.1. The molecule has 1 atom stereocenters. The molecule has 0 aliphatic carbocycles. The van der Waals surface area contributed by atoms with Gasteiger partial charge < -0.3 is 34.3 Å². The molecule has 0 radical (unpaired) electrons. The molecule has 1 N–H and O–H groups in total. The maximum atomic E-state index is 13.4. The first-order valence-corrected chi connectivity index (χ1v) is 12.8. The highest BCUT2D eigenvalue weighted by Crippen LogP contribution is 2.33. The number of piperidine rings is 1. The molecule has 12 heteroatoms. The molecule has 0 amide bonds. The van der Waals surface area contributed by atoms with E-state index in [0.29, 0.717) is 48.9 Å². The molecule has 11 nitrogen and oxygen atoms in total. The van der Waals surface area contributed by atoms with Gasteiger partial charge in [0.05, 0.1) is 17.6 Å². The van der Waals surface area contributed by atoms with Crippen molar-refractivity contribution in [3.63, 3.8) is 0 Å². The van der Waals surface area contributed by atoms with Crippen molar-refractivity contribution in [2.75, 3.05) is 19.6 Å². The second-order valence-corrected chi connectivity index (χ2v) is 9.69. The molecule has 2 aliphatic heterocycles. The van der Waals surface area contributed by atoms with Crippen LogP contribution in [0.5, 0.6) is 0 Å². The number of carbonyl (C=O) groups is 2. The number of aryl methyl sites for hydroxylation is 1. The lowest BCUT2D eigenvalue weighted by Gasteiger charge is -2.31. The minimum absolute atomic E-state index is 0.00237. The first-order valence-electron chi connectivity index (χ1n) is 12.8. The summed E-state index contributed by atoms with van der Waals surface area (Å²) in [6.07, 6.45) is 4.15. The van der Waals surface area contributed by atoms with Crippen molar-refractivity contribution in [1.82, 2.24) is 19.6 Å². The Bertz CT molecular complexity index is 1420. The number of carbonyl (C=O) groups excluding carboxylic acids is 2. The van der Waals surface area contributed by atoms with E-state index in [1.165, 1.54) is 12.1 Å². The summed E-state index contributed by atoms with van der Waals surface area (Å²) in [5.74, 6) is -2.61. The zero-order valence-electron chi connectivity index (χ0n) is 21.5. The van der Waals surface area contributed by atoms with E-state index >= 15 is 0 Å². The maximum Gasteiger partial charge on any atom is 0.257 e. The zero-order chi connectivity index (χ0) is 28.1. The summed E-state index contributed by atoms with van der Waals surface area (Å²) in [4.78, 5) is 38.7. The molecule has 0 saturated carbocycles. The second-order valence-electron chi connectivity index (χ2n) is 9.69. The predicted octanol–water partition coefficient (Wildman–Crippen LogP) is 0.124. The van der Waals surface area contributed by atoms with Gasteiger partial charge in [0, 0.05) is 41.7 Å². The molecule has 0 spiro atoms. The van der Waals surface area contributed by atoms with Crippen LogP contribution in [0, 0.1) is 12.7 Å². The molecular formula is C27H29FN4O7-2. The van der Waals surface area contributed by atoms with Crippen LogP contribution in [-0.4, -0.2) is 56.3 Å². The predicted molar refractivity (Wildman–Crippen MR) is 133 cm³/mol. The summed E-state index contributed by atoms with van der Waals surface area (Å²) >= 11 is 0. The number of likely N-dealkylation sites (tertiary alicyclic amines) is 1. The Balaban J connectivity index is 0.000000386. The lowest BCUT2D eigenvalue weighted by atomic mass is 9.91. The number of nitrogens with zero attached hydrogens (tertiary/aromatic N) is 4. The number of benzene rings is 1. The van der Waals surface area contributed by atoms with Crippen molar-refractivity contribution in [2.45, 2.75) is 57.6 Å². The van der Waals surface area contributed by atoms with Gasteiger partial charge >= 0.3 is 0 Å². The van der Waals surface area contributed by atoms with Gasteiger partial charge in [-0.15, -0.1) is 0 Å². The van der Waals surface area contributed by atoms with Crippen molar-refractivity contribution in [3.05, 3.63) is 69.3 Å². The van der Waals surface area contributed by atoms with E-state index in [9.17, 15) is 34.1 Å². The lowest BCUT2D eigenvalue weighted by molar-refractivity contribution is -0.301. The van der Waals surface area contributed by atoms with Gasteiger partial charge in [-0.1, -0.05) is 5.16 Å². The van der Waals surface area contributed by atoms with E-state index in [2.05, 4.69) is 15.0 Å². The fraction of sp³-hybridized carbons (Fsp3) is 0.444. The number of aliphatic carboxylic acids is 2. The Morgan fingerprint density at radius 1 is 1.15 bits per heavy atom. The molecular weight excluding hydrogens is 511 g/mol. The van der Waals surface area contributed by atoms with Crippen LogP contribution in [0.1, 0.15) is 60.5 Å². The number of aliphatic hydroxyl groups is 1. The fourth-order valence-electron chi connectivity index (χ4n) is 5.11. The lowest BCUT2D eigenvalue weighted by Crippen LogP contribution is -2.37. The highest BCUT2D eigenvalue weighted by atomic mass is 19.1. The minimum atomic E-state index is -1.55. The molecule has 1 aromatic carbocycles. The van der Waals surface area contributed by atoms with E-state index < -0.39 is 18.0 Å². The second kappa shape index (κ2) is 12.3. The summed E-state index contributed by atoms with van der Waals surface area (Å²) in [6, 6.07) is 4.58. The van der Waals surface area contributed by atoms with Crippen LogP contribution in [0.4, 0.5) is 4.39 Å². The summed E-state index contributed by atoms with van der Waals surface area (Å²) in [6.45, 7) is 5.13.